The maximum absolute atomic E-state index is 12.3. The van der Waals surface area contributed by atoms with E-state index in [1.54, 1.807) is 7.11 Å². The van der Waals surface area contributed by atoms with Crippen LogP contribution in [0.1, 0.15) is 32.8 Å². The Balaban J connectivity index is 2.84. The van der Waals surface area contributed by atoms with Gasteiger partial charge in [0.15, 0.2) is 0 Å². The molecule has 4 heteroatoms. The van der Waals surface area contributed by atoms with Crippen molar-refractivity contribution in [3.05, 3.63) is 23.8 Å². The zero-order valence-electron chi connectivity index (χ0n) is 12.4. The third kappa shape index (κ3) is 3.70. The second-order valence-electron chi connectivity index (χ2n) is 4.66. The molecule has 0 fully saturated rings. The molecule has 1 rings (SSSR count). The van der Waals surface area contributed by atoms with Crippen molar-refractivity contribution < 1.29 is 14.3 Å². The van der Waals surface area contributed by atoms with Gasteiger partial charge in [-0.3, -0.25) is 4.79 Å². The van der Waals surface area contributed by atoms with Crippen LogP contribution in [0.3, 0.4) is 0 Å². The number of anilines is 1. The van der Waals surface area contributed by atoms with Gasteiger partial charge in [0.25, 0.3) is 5.91 Å². The normalized spacial score (nSPS) is 13.7. The highest BCUT2D eigenvalue weighted by Gasteiger charge is 2.31. The maximum atomic E-state index is 12.3. The monoisotopic (exact) mass is 265 g/mol. The second kappa shape index (κ2) is 6.57. The first-order chi connectivity index (χ1) is 8.96. The molecule has 0 aromatic heterocycles. The molecule has 1 amide bonds. The summed E-state index contributed by atoms with van der Waals surface area (Å²) in [6.07, 6.45) is 0.627. The third-order valence-corrected chi connectivity index (χ3v) is 3.27. The molecule has 106 valence electrons. The van der Waals surface area contributed by atoms with Crippen molar-refractivity contribution in [3.8, 4) is 5.75 Å². The molecule has 0 bridgehead atoms. The van der Waals surface area contributed by atoms with Crippen molar-refractivity contribution in [2.45, 2.75) is 39.7 Å². The topological polar surface area (TPSA) is 47.6 Å². The largest absolute Gasteiger partial charge is 0.496 e. The van der Waals surface area contributed by atoms with Crippen LogP contribution in [0.2, 0.25) is 0 Å². The van der Waals surface area contributed by atoms with E-state index >= 15 is 0 Å². The SMILES string of the molecule is CCOC(C)(CC)C(=O)Nc1ccc(OC)c(C)c1. The molecule has 0 aliphatic carbocycles. The Bertz CT molecular complexity index is 445. The fraction of sp³-hybridized carbons (Fsp3) is 0.533. The lowest BCUT2D eigenvalue weighted by Gasteiger charge is -2.26. The summed E-state index contributed by atoms with van der Waals surface area (Å²) >= 11 is 0. The fourth-order valence-electron chi connectivity index (χ4n) is 1.87. The van der Waals surface area contributed by atoms with E-state index in [1.807, 2.05) is 45.9 Å². The summed E-state index contributed by atoms with van der Waals surface area (Å²) in [5.74, 6) is 0.683. The average Bonchev–Trinajstić information content (AvgIpc) is 2.39. The minimum absolute atomic E-state index is 0.124. The number of carbonyl (C=O) groups excluding carboxylic acids is 1. The Morgan fingerprint density at radius 3 is 2.53 bits per heavy atom. The summed E-state index contributed by atoms with van der Waals surface area (Å²) in [4.78, 5) is 12.3. The molecular weight excluding hydrogens is 242 g/mol. The van der Waals surface area contributed by atoms with E-state index in [-0.39, 0.29) is 5.91 Å². The van der Waals surface area contributed by atoms with Gasteiger partial charge in [-0.15, -0.1) is 0 Å². The van der Waals surface area contributed by atoms with Gasteiger partial charge in [0.2, 0.25) is 0 Å². The van der Waals surface area contributed by atoms with Crippen LogP contribution in [-0.4, -0.2) is 25.2 Å². The predicted octanol–water partition coefficient (Wildman–Crippen LogP) is 3.15. The molecule has 0 radical (unpaired) electrons. The average molecular weight is 265 g/mol. The molecule has 0 saturated heterocycles. The Labute approximate surface area is 115 Å². The van der Waals surface area contributed by atoms with Gasteiger partial charge < -0.3 is 14.8 Å². The van der Waals surface area contributed by atoms with Gasteiger partial charge in [-0.2, -0.15) is 0 Å². The number of aryl methyl sites for hydroxylation is 1. The molecule has 4 nitrogen and oxygen atoms in total. The summed E-state index contributed by atoms with van der Waals surface area (Å²) in [5, 5.41) is 2.89. The molecule has 1 aromatic rings. The number of amides is 1. The molecule has 0 heterocycles. The quantitative estimate of drug-likeness (QED) is 0.859. The van der Waals surface area contributed by atoms with Crippen molar-refractivity contribution in [1.82, 2.24) is 0 Å². The van der Waals surface area contributed by atoms with E-state index in [1.165, 1.54) is 0 Å². The molecule has 0 spiro atoms. The molecule has 1 N–H and O–H groups in total. The number of methoxy groups -OCH3 is 1. The number of carbonyl (C=O) groups is 1. The first kappa shape index (κ1) is 15.5. The minimum atomic E-state index is -0.789. The Hall–Kier alpha value is -1.55. The van der Waals surface area contributed by atoms with Crippen LogP contribution in [-0.2, 0) is 9.53 Å². The van der Waals surface area contributed by atoms with E-state index in [2.05, 4.69) is 5.32 Å². The summed E-state index contributed by atoms with van der Waals surface area (Å²) in [5.41, 5.74) is 0.945. The van der Waals surface area contributed by atoms with E-state index < -0.39 is 5.60 Å². The lowest BCUT2D eigenvalue weighted by molar-refractivity contribution is -0.139. The van der Waals surface area contributed by atoms with Crippen LogP contribution >= 0.6 is 0 Å². The van der Waals surface area contributed by atoms with Gasteiger partial charge in [-0.05, 0) is 51.0 Å². The number of hydrogen-bond acceptors (Lipinski definition) is 3. The van der Waals surface area contributed by atoms with E-state index in [0.717, 1.165) is 17.0 Å². The number of benzene rings is 1. The molecule has 0 saturated carbocycles. The smallest absolute Gasteiger partial charge is 0.256 e. The van der Waals surface area contributed by atoms with Crippen molar-refractivity contribution in [2.24, 2.45) is 0 Å². The van der Waals surface area contributed by atoms with Crippen molar-refractivity contribution >= 4 is 11.6 Å². The first-order valence-electron chi connectivity index (χ1n) is 6.57. The fourth-order valence-corrected chi connectivity index (χ4v) is 1.87. The van der Waals surface area contributed by atoms with Crippen LogP contribution in [0.4, 0.5) is 5.69 Å². The number of ether oxygens (including phenoxy) is 2. The highest BCUT2D eigenvalue weighted by molar-refractivity contribution is 5.97. The van der Waals surface area contributed by atoms with Gasteiger partial charge in [0.05, 0.1) is 7.11 Å². The molecule has 1 aromatic carbocycles. The number of hydrogen-bond donors (Lipinski definition) is 1. The lowest BCUT2D eigenvalue weighted by Crippen LogP contribution is -2.42. The zero-order valence-corrected chi connectivity index (χ0v) is 12.4. The number of rotatable bonds is 6. The van der Waals surface area contributed by atoms with E-state index in [9.17, 15) is 4.79 Å². The molecule has 1 atom stereocenters. The highest BCUT2D eigenvalue weighted by Crippen LogP contribution is 2.23. The van der Waals surface area contributed by atoms with Gasteiger partial charge >= 0.3 is 0 Å². The first-order valence-corrected chi connectivity index (χ1v) is 6.57. The second-order valence-corrected chi connectivity index (χ2v) is 4.66. The predicted molar refractivity (Wildman–Crippen MR) is 76.7 cm³/mol. The summed E-state index contributed by atoms with van der Waals surface area (Å²) in [6, 6.07) is 5.55. The molecule has 1 unspecified atom stereocenters. The Morgan fingerprint density at radius 1 is 1.37 bits per heavy atom. The Kier molecular flexibility index (Phi) is 5.36. The van der Waals surface area contributed by atoms with Gasteiger partial charge in [-0.25, -0.2) is 0 Å². The van der Waals surface area contributed by atoms with E-state index in [4.69, 9.17) is 9.47 Å². The van der Waals surface area contributed by atoms with Crippen molar-refractivity contribution in [1.29, 1.82) is 0 Å². The summed E-state index contributed by atoms with van der Waals surface area (Å²) < 4.78 is 10.7. The lowest BCUT2D eigenvalue weighted by atomic mass is 10.0. The molecule has 19 heavy (non-hydrogen) atoms. The van der Waals surface area contributed by atoms with Gasteiger partial charge in [-0.1, -0.05) is 6.92 Å². The minimum Gasteiger partial charge on any atom is -0.496 e. The highest BCUT2D eigenvalue weighted by atomic mass is 16.5. The standard InChI is InChI=1S/C15H23NO3/c1-6-15(4,19-7-2)14(17)16-12-8-9-13(18-5)11(3)10-12/h8-10H,6-7H2,1-5H3,(H,16,17). The number of nitrogens with one attached hydrogen (secondary N) is 1. The maximum Gasteiger partial charge on any atom is 0.256 e. The van der Waals surface area contributed by atoms with Crippen molar-refractivity contribution in [3.63, 3.8) is 0 Å². The summed E-state index contributed by atoms with van der Waals surface area (Å²) in [7, 11) is 1.63. The molecule has 0 aliphatic rings. The van der Waals surface area contributed by atoms with Crippen LogP contribution in [0.25, 0.3) is 0 Å². The van der Waals surface area contributed by atoms with Crippen LogP contribution in [0.5, 0.6) is 5.75 Å². The van der Waals surface area contributed by atoms with Gasteiger partial charge in [0.1, 0.15) is 11.4 Å². The molecular formula is C15H23NO3. The van der Waals surface area contributed by atoms with Crippen molar-refractivity contribution in [2.75, 3.05) is 19.0 Å². The summed E-state index contributed by atoms with van der Waals surface area (Å²) in [6.45, 7) is 8.09. The van der Waals surface area contributed by atoms with E-state index in [0.29, 0.717) is 13.0 Å². The van der Waals surface area contributed by atoms with Crippen LogP contribution in [0, 0.1) is 6.92 Å². The molecule has 0 aliphatic heterocycles. The zero-order chi connectivity index (χ0) is 14.5. The van der Waals surface area contributed by atoms with Crippen LogP contribution < -0.4 is 10.1 Å². The Morgan fingerprint density at radius 2 is 2.05 bits per heavy atom. The van der Waals surface area contributed by atoms with Crippen LogP contribution in [0.15, 0.2) is 18.2 Å². The van der Waals surface area contributed by atoms with Gasteiger partial charge in [0, 0.05) is 12.3 Å². The third-order valence-electron chi connectivity index (χ3n) is 3.27.